The van der Waals surface area contributed by atoms with Gasteiger partial charge in [-0.2, -0.15) is 0 Å². The number of hydrogen-bond donors (Lipinski definition) is 1. The Morgan fingerprint density at radius 3 is 2.94 bits per heavy atom. The lowest BCUT2D eigenvalue weighted by Crippen LogP contribution is -2.15. The molecule has 3 nitrogen and oxygen atoms in total. The number of hydrogen-bond acceptors (Lipinski definition) is 4. The van der Waals surface area contributed by atoms with Crippen LogP contribution in [0.2, 0.25) is 0 Å². The molecular weight excluding hydrogens is 225 g/mol. The largest absolute Gasteiger partial charge is 0.375 e. The third kappa shape index (κ3) is 2.49. The van der Waals surface area contributed by atoms with Gasteiger partial charge in [-0.1, -0.05) is 6.07 Å². The maximum Gasteiger partial charge on any atom is 0.180 e. The van der Waals surface area contributed by atoms with Crippen LogP contribution in [0.15, 0.2) is 30.5 Å². The Morgan fingerprint density at radius 2 is 2.31 bits per heavy atom. The van der Waals surface area contributed by atoms with Gasteiger partial charge in [0.2, 0.25) is 0 Å². The molecule has 0 fully saturated rings. The number of halogens is 1. The molecule has 0 unspecified atom stereocenters. The predicted molar refractivity (Wildman–Crippen MR) is 65.0 cm³/mol. The van der Waals surface area contributed by atoms with Crippen LogP contribution in [0.25, 0.3) is 0 Å². The summed E-state index contributed by atoms with van der Waals surface area (Å²) in [6.07, 6.45) is 1.75. The summed E-state index contributed by atoms with van der Waals surface area (Å²) in [6.45, 7) is 0.679. The number of rotatable bonds is 3. The highest BCUT2D eigenvalue weighted by molar-refractivity contribution is 7.15. The molecule has 0 aliphatic rings. The van der Waals surface area contributed by atoms with Gasteiger partial charge in [-0.15, -0.1) is 11.3 Å². The first-order chi connectivity index (χ1) is 7.65. The van der Waals surface area contributed by atoms with Crippen LogP contribution in [-0.4, -0.2) is 12.0 Å². The number of anilines is 2. The molecule has 0 bridgehead atoms. The first kappa shape index (κ1) is 10.9. The lowest BCUT2D eigenvalue weighted by Gasteiger charge is -2.17. The van der Waals surface area contributed by atoms with Gasteiger partial charge in [-0.25, -0.2) is 9.37 Å². The van der Waals surface area contributed by atoms with Gasteiger partial charge in [0.1, 0.15) is 5.82 Å². The van der Waals surface area contributed by atoms with E-state index in [-0.39, 0.29) is 5.82 Å². The number of benzene rings is 1. The number of nitrogens with zero attached hydrogens (tertiary/aromatic N) is 2. The van der Waals surface area contributed by atoms with Gasteiger partial charge in [0.05, 0.1) is 6.54 Å². The molecule has 1 heterocycles. The van der Waals surface area contributed by atoms with Crippen LogP contribution in [0, 0.1) is 5.82 Å². The summed E-state index contributed by atoms with van der Waals surface area (Å²) >= 11 is 1.45. The van der Waals surface area contributed by atoms with Gasteiger partial charge in [0.25, 0.3) is 0 Å². The third-order valence-corrected chi connectivity index (χ3v) is 3.02. The standard InChI is InChI=1S/C11H12FN3S/c1-15(7-10-6-14-11(13)16-10)9-4-2-3-8(12)5-9/h2-6H,7H2,1H3,(H2,13,14). The van der Waals surface area contributed by atoms with Gasteiger partial charge >= 0.3 is 0 Å². The molecular formula is C11H12FN3S. The molecule has 0 atom stereocenters. The van der Waals surface area contributed by atoms with Crippen molar-refractivity contribution in [1.29, 1.82) is 0 Å². The average Bonchev–Trinajstić information content (AvgIpc) is 2.64. The minimum atomic E-state index is -0.229. The summed E-state index contributed by atoms with van der Waals surface area (Å²) in [7, 11) is 1.91. The first-order valence-electron chi connectivity index (χ1n) is 4.82. The molecule has 0 aliphatic heterocycles. The molecule has 16 heavy (non-hydrogen) atoms. The summed E-state index contributed by atoms with van der Waals surface area (Å²) < 4.78 is 13.0. The van der Waals surface area contributed by atoms with Crippen LogP contribution >= 0.6 is 11.3 Å². The van der Waals surface area contributed by atoms with Crippen molar-refractivity contribution in [2.75, 3.05) is 17.7 Å². The highest BCUT2D eigenvalue weighted by Gasteiger charge is 2.05. The Balaban J connectivity index is 2.11. The zero-order chi connectivity index (χ0) is 11.5. The van der Waals surface area contributed by atoms with E-state index in [1.54, 1.807) is 12.3 Å². The van der Waals surface area contributed by atoms with Crippen molar-refractivity contribution in [2.24, 2.45) is 0 Å². The van der Waals surface area contributed by atoms with Crippen LogP contribution in [0.3, 0.4) is 0 Å². The number of aromatic nitrogens is 1. The van der Waals surface area contributed by atoms with E-state index in [0.29, 0.717) is 11.7 Å². The Bertz CT molecular complexity index is 484. The van der Waals surface area contributed by atoms with Gasteiger partial charge in [0, 0.05) is 23.8 Å². The molecule has 0 amide bonds. The second-order valence-electron chi connectivity index (χ2n) is 3.50. The zero-order valence-electron chi connectivity index (χ0n) is 8.85. The summed E-state index contributed by atoms with van der Waals surface area (Å²) in [4.78, 5) is 6.99. The van der Waals surface area contributed by atoms with Crippen molar-refractivity contribution in [3.8, 4) is 0 Å². The minimum absolute atomic E-state index is 0.229. The minimum Gasteiger partial charge on any atom is -0.375 e. The monoisotopic (exact) mass is 237 g/mol. The van der Waals surface area contributed by atoms with E-state index in [4.69, 9.17) is 5.73 Å². The highest BCUT2D eigenvalue weighted by atomic mass is 32.1. The van der Waals surface area contributed by atoms with E-state index >= 15 is 0 Å². The maximum absolute atomic E-state index is 13.0. The Hall–Kier alpha value is -1.62. The molecule has 1 aromatic carbocycles. The maximum atomic E-state index is 13.0. The molecule has 1 aromatic heterocycles. The lowest BCUT2D eigenvalue weighted by atomic mass is 10.3. The van der Waals surface area contributed by atoms with Crippen LogP contribution in [0.1, 0.15) is 4.88 Å². The second-order valence-corrected chi connectivity index (χ2v) is 4.65. The van der Waals surface area contributed by atoms with Crippen molar-refractivity contribution in [1.82, 2.24) is 4.98 Å². The first-order valence-corrected chi connectivity index (χ1v) is 5.63. The molecule has 2 aromatic rings. The van der Waals surface area contributed by atoms with Gasteiger partial charge in [-0.3, -0.25) is 0 Å². The van der Waals surface area contributed by atoms with E-state index in [2.05, 4.69) is 4.98 Å². The fourth-order valence-electron chi connectivity index (χ4n) is 1.43. The van der Waals surface area contributed by atoms with E-state index in [1.807, 2.05) is 18.0 Å². The van der Waals surface area contributed by atoms with Crippen LogP contribution in [0.4, 0.5) is 15.2 Å². The van der Waals surface area contributed by atoms with Gasteiger partial charge in [0.15, 0.2) is 5.13 Å². The Morgan fingerprint density at radius 1 is 1.50 bits per heavy atom. The van der Waals surface area contributed by atoms with Crippen LogP contribution < -0.4 is 10.6 Å². The van der Waals surface area contributed by atoms with E-state index < -0.39 is 0 Å². The summed E-state index contributed by atoms with van der Waals surface area (Å²) in [5, 5.41) is 0.558. The highest BCUT2D eigenvalue weighted by Crippen LogP contribution is 2.20. The fourth-order valence-corrected chi connectivity index (χ4v) is 2.17. The molecule has 5 heteroatoms. The second kappa shape index (κ2) is 4.49. The summed E-state index contributed by atoms with van der Waals surface area (Å²) in [6, 6.07) is 6.50. The van der Waals surface area contributed by atoms with Crippen LogP contribution in [0.5, 0.6) is 0 Å². The van der Waals surface area contributed by atoms with Crippen molar-refractivity contribution in [2.45, 2.75) is 6.54 Å². The van der Waals surface area contributed by atoms with Gasteiger partial charge < -0.3 is 10.6 Å². The SMILES string of the molecule is CN(Cc1cnc(N)s1)c1cccc(F)c1. The topological polar surface area (TPSA) is 42.2 Å². The van der Waals surface area contributed by atoms with E-state index in [0.717, 1.165) is 10.6 Å². The molecule has 0 aliphatic carbocycles. The van der Waals surface area contributed by atoms with E-state index in [9.17, 15) is 4.39 Å². The average molecular weight is 237 g/mol. The number of nitrogens with two attached hydrogens (primary N) is 1. The Labute approximate surface area is 97.3 Å². The van der Waals surface area contributed by atoms with Crippen molar-refractivity contribution in [3.63, 3.8) is 0 Å². The van der Waals surface area contributed by atoms with Crippen molar-refractivity contribution in [3.05, 3.63) is 41.2 Å². The molecule has 0 spiro atoms. The van der Waals surface area contributed by atoms with Crippen LogP contribution in [-0.2, 0) is 6.54 Å². The quantitative estimate of drug-likeness (QED) is 0.891. The fraction of sp³-hybridized carbons (Fsp3) is 0.182. The number of thiazole rings is 1. The van der Waals surface area contributed by atoms with Gasteiger partial charge in [-0.05, 0) is 18.2 Å². The molecule has 0 saturated carbocycles. The molecule has 84 valence electrons. The molecule has 2 N–H and O–H groups in total. The van der Waals surface area contributed by atoms with E-state index in [1.165, 1.54) is 23.5 Å². The zero-order valence-corrected chi connectivity index (χ0v) is 9.67. The Kier molecular flexibility index (Phi) is 3.05. The third-order valence-electron chi connectivity index (χ3n) is 2.21. The molecule has 0 radical (unpaired) electrons. The normalized spacial score (nSPS) is 10.4. The van der Waals surface area contributed by atoms with Crippen molar-refractivity contribution < 1.29 is 4.39 Å². The molecule has 0 saturated heterocycles. The van der Waals surface area contributed by atoms with Crippen molar-refractivity contribution >= 4 is 22.2 Å². The lowest BCUT2D eigenvalue weighted by molar-refractivity contribution is 0.627. The summed E-state index contributed by atoms with van der Waals surface area (Å²) in [5.41, 5.74) is 6.39. The predicted octanol–water partition coefficient (Wildman–Crippen LogP) is 2.50. The number of nitrogen functional groups attached to an aromatic ring is 1. The molecule has 2 rings (SSSR count). The smallest absolute Gasteiger partial charge is 0.180 e. The summed E-state index contributed by atoms with van der Waals surface area (Å²) in [5.74, 6) is -0.229.